The van der Waals surface area contributed by atoms with Crippen LogP contribution in [0.25, 0.3) is 44.3 Å². The van der Waals surface area contributed by atoms with Crippen molar-refractivity contribution in [2.24, 2.45) is 0 Å². The highest BCUT2D eigenvalue weighted by molar-refractivity contribution is 5.91. The van der Waals surface area contributed by atoms with Gasteiger partial charge in [0.25, 0.3) is 0 Å². The maximum Gasteiger partial charge on any atom is 0.0701 e. The lowest BCUT2D eigenvalue weighted by Crippen LogP contribution is -1.84. The molecule has 1 heteroatoms. The number of rotatable bonds is 3. The van der Waals surface area contributed by atoms with E-state index in [0.717, 1.165) is 11.3 Å². The lowest BCUT2D eigenvalue weighted by atomic mass is 9.97. The summed E-state index contributed by atoms with van der Waals surface area (Å²) in [5.41, 5.74) is 7.08. The second-order valence-corrected chi connectivity index (χ2v) is 6.94. The molecule has 1 nitrogen and oxygen atoms in total. The molecule has 0 bridgehead atoms. The quantitative estimate of drug-likeness (QED) is 0.332. The molecule has 0 spiro atoms. The molecule has 1 aromatic heterocycles. The summed E-state index contributed by atoms with van der Waals surface area (Å²) in [7, 11) is 0. The average Bonchev–Trinajstić information content (AvgIpc) is 2.80. The van der Waals surface area contributed by atoms with Crippen LogP contribution in [0.5, 0.6) is 0 Å². The summed E-state index contributed by atoms with van der Waals surface area (Å²) in [5.74, 6) is 0. The van der Waals surface area contributed by atoms with Gasteiger partial charge < -0.3 is 0 Å². The third-order valence-corrected chi connectivity index (χ3v) is 5.13. The monoisotopic (exact) mass is 357 g/mol. The Balaban J connectivity index is 1.48. The van der Waals surface area contributed by atoms with Crippen LogP contribution in [0.2, 0.25) is 0 Å². The number of nitrogens with zero attached hydrogens (tertiary/aromatic N) is 1. The molecule has 132 valence electrons. The minimum absolute atomic E-state index is 1.00. The summed E-state index contributed by atoms with van der Waals surface area (Å²) in [6, 6.07) is 38.5. The zero-order valence-corrected chi connectivity index (χ0v) is 15.4. The zero-order valence-electron chi connectivity index (χ0n) is 15.4. The van der Waals surface area contributed by atoms with Crippen molar-refractivity contribution in [1.82, 2.24) is 4.98 Å². The van der Waals surface area contributed by atoms with E-state index in [1.54, 1.807) is 0 Å². The third kappa shape index (κ3) is 3.19. The van der Waals surface area contributed by atoms with Gasteiger partial charge in [0.1, 0.15) is 0 Å². The van der Waals surface area contributed by atoms with Crippen molar-refractivity contribution < 1.29 is 0 Å². The van der Waals surface area contributed by atoms with E-state index in [-0.39, 0.29) is 0 Å². The molecular weight excluding hydrogens is 338 g/mol. The molecule has 5 aromatic rings. The number of benzene rings is 4. The van der Waals surface area contributed by atoms with E-state index in [4.69, 9.17) is 0 Å². The molecule has 0 aliphatic carbocycles. The van der Waals surface area contributed by atoms with Crippen molar-refractivity contribution >= 4 is 10.8 Å². The first-order valence-corrected chi connectivity index (χ1v) is 9.48. The van der Waals surface area contributed by atoms with Crippen LogP contribution in [-0.2, 0) is 0 Å². The number of fused-ring (bicyclic) bond motifs is 1. The van der Waals surface area contributed by atoms with Crippen molar-refractivity contribution in [2.75, 3.05) is 0 Å². The Bertz CT molecular complexity index is 1220. The summed E-state index contributed by atoms with van der Waals surface area (Å²) < 4.78 is 0. The molecule has 0 saturated carbocycles. The summed E-state index contributed by atoms with van der Waals surface area (Å²) in [5, 5.41) is 2.51. The first-order chi connectivity index (χ1) is 13.9. The van der Waals surface area contributed by atoms with Gasteiger partial charge >= 0.3 is 0 Å². The van der Waals surface area contributed by atoms with Gasteiger partial charge in [-0.05, 0) is 57.3 Å². The number of aromatic nitrogens is 1. The first-order valence-electron chi connectivity index (χ1n) is 9.48. The van der Waals surface area contributed by atoms with Crippen LogP contribution >= 0.6 is 0 Å². The average molecular weight is 357 g/mol. The van der Waals surface area contributed by atoms with Crippen LogP contribution in [0, 0.1) is 0 Å². The highest BCUT2D eigenvalue weighted by Crippen LogP contribution is 2.29. The topological polar surface area (TPSA) is 12.9 Å². The standard InChI is InChI=1S/C27H19N/c1-2-6-20(7-3-1)23-13-15-26-19-24(14-16-25(26)18-23)21-9-11-22(12-10-21)27-8-4-5-17-28-27/h1-19H. The Morgan fingerprint density at radius 1 is 0.393 bits per heavy atom. The SMILES string of the molecule is c1ccc(-c2ccc3cc(-c4ccc(-c5ccccn5)cc4)ccc3c2)cc1. The fourth-order valence-corrected chi connectivity index (χ4v) is 3.60. The van der Waals surface area contributed by atoms with Crippen LogP contribution in [0.4, 0.5) is 0 Å². The molecule has 0 radical (unpaired) electrons. The Labute approximate surface area is 165 Å². The molecule has 0 atom stereocenters. The van der Waals surface area contributed by atoms with E-state index in [9.17, 15) is 0 Å². The van der Waals surface area contributed by atoms with E-state index < -0.39 is 0 Å². The van der Waals surface area contributed by atoms with Crippen LogP contribution < -0.4 is 0 Å². The molecule has 28 heavy (non-hydrogen) atoms. The van der Waals surface area contributed by atoms with Crippen LogP contribution in [0.15, 0.2) is 115 Å². The lowest BCUT2D eigenvalue weighted by Gasteiger charge is -2.08. The maximum absolute atomic E-state index is 4.43. The summed E-state index contributed by atoms with van der Waals surface area (Å²) >= 11 is 0. The minimum Gasteiger partial charge on any atom is -0.256 e. The van der Waals surface area contributed by atoms with Gasteiger partial charge in [0.2, 0.25) is 0 Å². The van der Waals surface area contributed by atoms with Gasteiger partial charge in [-0.15, -0.1) is 0 Å². The van der Waals surface area contributed by atoms with Gasteiger partial charge in [-0.1, -0.05) is 84.9 Å². The van der Waals surface area contributed by atoms with Crippen LogP contribution in [0.3, 0.4) is 0 Å². The summed E-state index contributed by atoms with van der Waals surface area (Å²) in [6.07, 6.45) is 1.83. The van der Waals surface area contributed by atoms with Crippen LogP contribution in [-0.4, -0.2) is 4.98 Å². The maximum atomic E-state index is 4.43. The predicted octanol–water partition coefficient (Wildman–Crippen LogP) is 7.24. The normalized spacial score (nSPS) is 10.9. The fourth-order valence-electron chi connectivity index (χ4n) is 3.60. The molecule has 0 aliphatic heterocycles. The summed E-state index contributed by atoms with van der Waals surface area (Å²) in [6.45, 7) is 0. The largest absolute Gasteiger partial charge is 0.256 e. The molecule has 0 aliphatic rings. The van der Waals surface area contributed by atoms with Crippen molar-refractivity contribution in [2.45, 2.75) is 0 Å². The van der Waals surface area contributed by atoms with Crippen molar-refractivity contribution in [1.29, 1.82) is 0 Å². The molecule has 0 unspecified atom stereocenters. The molecular formula is C27H19N. The zero-order chi connectivity index (χ0) is 18.8. The third-order valence-electron chi connectivity index (χ3n) is 5.13. The molecule has 4 aromatic carbocycles. The smallest absolute Gasteiger partial charge is 0.0701 e. The Hall–Kier alpha value is -3.71. The lowest BCUT2D eigenvalue weighted by molar-refractivity contribution is 1.33. The minimum atomic E-state index is 1.00. The molecule has 0 fully saturated rings. The number of hydrogen-bond donors (Lipinski definition) is 0. The Kier molecular flexibility index (Phi) is 4.19. The van der Waals surface area contributed by atoms with Crippen molar-refractivity contribution in [3.05, 3.63) is 115 Å². The van der Waals surface area contributed by atoms with Gasteiger partial charge in [-0.2, -0.15) is 0 Å². The summed E-state index contributed by atoms with van der Waals surface area (Å²) in [4.78, 5) is 4.43. The first kappa shape index (κ1) is 16.5. The van der Waals surface area contributed by atoms with E-state index in [1.165, 1.54) is 33.0 Å². The second kappa shape index (κ2) is 7.13. The Morgan fingerprint density at radius 3 is 1.54 bits per heavy atom. The molecule has 5 rings (SSSR count). The predicted molar refractivity (Wildman–Crippen MR) is 118 cm³/mol. The molecule has 0 amide bonds. The number of pyridine rings is 1. The molecule has 0 saturated heterocycles. The molecule has 1 heterocycles. The van der Waals surface area contributed by atoms with E-state index >= 15 is 0 Å². The van der Waals surface area contributed by atoms with Gasteiger partial charge in [0.05, 0.1) is 5.69 Å². The highest BCUT2D eigenvalue weighted by atomic mass is 14.7. The van der Waals surface area contributed by atoms with E-state index in [2.05, 4.69) is 96.0 Å². The van der Waals surface area contributed by atoms with E-state index in [0.29, 0.717) is 0 Å². The van der Waals surface area contributed by atoms with Crippen molar-refractivity contribution in [3.8, 4) is 33.5 Å². The van der Waals surface area contributed by atoms with E-state index in [1.807, 2.05) is 24.4 Å². The van der Waals surface area contributed by atoms with Crippen LogP contribution in [0.1, 0.15) is 0 Å². The van der Waals surface area contributed by atoms with Crippen molar-refractivity contribution in [3.63, 3.8) is 0 Å². The van der Waals surface area contributed by atoms with Gasteiger partial charge in [-0.3, -0.25) is 4.98 Å². The van der Waals surface area contributed by atoms with Gasteiger partial charge in [0, 0.05) is 11.8 Å². The number of hydrogen-bond acceptors (Lipinski definition) is 1. The molecule has 0 N–H and O–H groups in total. The highest BCUT2D eigenvalue weighted by Gasteiger charge is 2.04. The Morgan fingerprint density at radius 2 is 0.929 bits per heavy atom. The second-order valence-electron chi connectivity index (χ2n) is 6.94. The fraction of sp³-hybridized carbons (Fsp3) is 0. The van der Waals surface area contributed by atoms with Gasteiger partial charge in [-0.25, -0.2) is 0 Å². The van der Waals surface area contributed by atoms with Gasteiger partial charge in [0.15, 0.2) is 0 Å².